The van der Waals surface area contributed by atoms with Gasteiger partial charge in [0.1, 0.15) is 0 Å². The van der Waals surface area contributed by atoms with E-state index in [0.717, 1.165) is 13.1 Å². The van der Waals surface area contributed by atoms with E-state index in [9.17, 15) is 0 Å². The Labute approximate surface area is 133 Å². The number of piperidine rings is 1. The number of benzene rings is 1. The maximum absolute atomic E-state index is 2.54. The second-order valence-electron chi connectivity index (χ2n) is 6.56. The Hall–Kier alpha value is -1.90. The Morgan fingerprint density at radius 3 is 1.73 bits per heavy atom. The van der Waals surface area contributed by atoms with E-state index in [4.69, 9.17) is 0 Å². The summed E-state index contributed by atoms with van der Waals surface area (Å²) in [5.74, 6) is 0. The summed E-state index contributed by atoms with van der Waals surface area (Å²) >= 11 is 0. The van der Waals surface area contributed by atoms with Crippen molar-refractivity contribution in [3.05, 3.63) is 48.8 Å². The lowest BCUT2D eigenvalue weighted by Crippen LogP contribution is -2.34. The molecule has 116 valence electrons. The molecule has 2 aliphatic rings. The second-order valence-corrected chi connectivity index (χ2v) is 6.56. The van der Waals surface area contributed by atoms with Gasteiger partial charge in [0.15, 0.2) is 0 Å². The van der Waals surface area contributed by atoms with E-state index in [2.05, 4.69) is 63.2 Å². The molecule has 0 unspecified atom stereocenters. The van der Waals surface area contributed by atoms with E-state index >= 15 is 0 Å². The first-order valence-electron chi connectivity index (χ1n) is 8.62. The topological polar surface area (TPSA) is 11.4 Å². The van der Waals surface area contributed by atoms with Crippen LogP contribution in [0.5, 0.6) is 0 Å². The summed E-state index contributed by atoms with van der Waals surface area (Å²) in [4.78, 5) is 5.04. The highest BCUT2D eigenvalue weighted by Crippen LogP contribution is 2.28. The van der Waals surface area contributed by atoms with Crippen LogP contribution in [0.25, 0.3) is 0 Å². The third-order valence-electron chi connectivity index (χ3n) is 5.20. The molecule has 0 saturated carbocycles. The van der Waals surface area contributed by atoms with Crippen molar-refractivity contribution in [3.8, 4) is 0 Å². The Bertz CT molecular complexity index is 574. The van der Waals surface area contributed by atoms with Gasteiger partial charge >= 0.3 is 0 Å². The van der Waals surface area contributed by atoms with Gasteiger partial charge in [-0.05, 0) is 62.1 Å². The number of rotatable bonds is 3. The van der Waals surface area contributed by atoms with Crippen LogP contribution >= 0.6 is 0 Å². The summed E-state index contributed by atoms with van der Waals surface area (Å²) < 4.78 is 2.37. The monoisotopic (exact) mass is 295 g/mol. The van der Waals surface area contributed by atoms with E-state index in [-0.39, 0.29) is 0 Å². The molecule has 0 spiro atoms. The maximum atomic E-state index is 2.54. The molecule has 2 saturated heterocycles. The van der Waals surface area contributed by atoms with Crippen LogP contribution in [0.3, 0.4) is 0 Å². The second kappa shape index (κ2) is 6.07. The van der Waals surface area contributed by atoms with Crippen molar-refractivity contribution in [3.63, 3.8) is 0 Å². The van der Waals surface area contributed by atoms with Gasteiger partial charge in [-0.2, -0.15) is 0 Å². The zero-order valence-corrected chi connectivity index (χ0v) is 13.2. The lowest BCUT2D eigenvalue weighted by molar-refractivity contribution is 0.397. The number of hydrogen-bond donors (Lipinski definition) is 0. The third-order valence-corrected chi connectivity index (χ3v) is 5.20. The van der Waals surface area contributed by atoms with Crippen LogP contribution in [0.4, 0.5) is 11.4 Å². The molecule has 1 aromatic carbocycles. The molecule has 0 amide bonds. The summed E-state index contributed by atoms with van der Waals surface area (Å²) in [6, 6.07) is 14.2. The van der Waals surface area contributed by atoms with E-state index < -0.39 is 0 Å². The minimum atomic E-state index is 0.676. The molecule has 22 heavy (non-hydrogen) atoms. The molecule has 2 aliphatic heterocycles. The Morgan fingerprint density at radius 1 is 0.682 bits per heavy atom. The van der Waals surface area contributed by atoms with Gasteiger partial charge in [-0.3, -0.25) is 0 Å². The van der Waals surface area contributed by atoms with E-state index in [1.54, 1.807) is 0 Å². The van der Waals surface area contributed by atoms with E-state index in [1.165, 1.54) is 50.1 Å². The zero-order chi connectivity index (χ0) is 14.8. The lowest BCUT2D eigenvalue weighted by atomic mass is 10.0. The summed E-state index contributed by atoms with van der Waals surface area (Å²) in [6.07, 6.45) is 9.56. The minimum absolute atomic E-state index is 0.676. The normalized spacial score (nSPS) is 19.8. The quantitative estimate of drug-likeness (QED) is 0.850. The molecule has 3 nitrogen and oxygen atoms in total. The molecule has 0 N–H and O–H groups in total. The first-order valence-corrected chi connectivity index (χ1v) is 8.62. The van der Waals surface area contributed by atoms with Crippen LogP contribution in [-0.4, -0.2) is 30.7 Å². The first-order chi connectivity index (χ1) is 10.9. The summed E-state index contributed by atoms with van der Waals surface area (Å²) in [5.41, 5.74) is 2.78. The molecule has 3 heteroatoms. The zero-order valence-electron chi connectivity index (χ0n) is 13.2. The average molecular weight is 295 g/mol. The number of nitrogens with zero attached hydrogens (tertiary/aromatic N) is 3. The average Bonchev–Trinajstić information content (AvgIpc) is 3.29. The molecule has 0 bridgehead atoms. The van der Waals surface area contributed by atoms with Crippen LogP contribution in [-0.2, 0) is 0 Å². The van der Waals surface area contributed by atoms with Gasteiger partial charge in [0.05, 0.1) is 0 Å². The van der Waals surface area contributed by atoms with Crippen LogP contribution in [0.1, 0.15) is 31.7 Å². The largest absolute Gasteiger partial charge is 0.372 e. The molecule has 0 radical (unpaired) electrons. The van der Waals surface area contributed by atoms with Gasteiger partial charge in [-0.1, -0.05) is 0 Å². The van der Waals surface area contributed by atoms with Crippen molar-refractivity contribution >= 4 is 11.4 Å². The van der Waals surface area contributed by atoms with Crippen molar-refractivity contribution in [2.75, 3.05) is 36.0 Å². The SMILES string of the molecule is c1ccn(C2CCN(c3ccc(N4CCCC4)cc3)CC2)c1. The summed E-state index contributed by atoms with van der Waals surface area (Å²) in [5, 5.41) is 0. The van der Waals surface area contributed by atoms with E-state index in [1.807, 2.05) is 0 Å². The number of anilines is 2. The van der Waals surface area contributed by atoms with Gasteiger partial charge in [0.25, 0.3) is 0 Å². The predicted molar refractivity (Wildman–Crippen MR) is 92.8 cm³/mol. The van der Waals surface area contributed by atoms with Gasteiger partial charge in [-0.15, -0.1) is 0 Å². The standard InChI is InChI=1S/C19H25N3/c1-2-12-20(11-1)17-5-7-18(8-6-17)22-15-9-19(10-16-22)21-13-3-4-14-21/h3-8,13-14,19H,1-2,9-12,15-16H2. The number of hydrogen-bond acceptors (Lipinski definition) is 2. The minimum Gasteiger partial charge on any atom is -0.372 e. The van der Waals surface area contributed by atoms with Crippen LogP contribution in [0.15, 0.2) is 48.8 Å². The molecule has 1 aromatic heterocycles. The first kappa shape index (κ1) is 13.7. The number of aromatic nitrogens is 1. The maximum Gasteiger partial charge on any atom is 0.0367 e. The highest BCUT2D eigenvalue weighted by Gasteiger charge is 2.20. The Kier molecular flexibility index (Phi) is 3.79. The molecule has 0 aliphatic carbocycles. The van der Waals surface area contributed by atoms with Gasteiger partial charge in [-0.25, -0.2) is 0 Å². The van der Waals surface area contributed by atoms with Gasteiger partial charge in [0, 0.05) is 56.0 Å². The Morgan fingerprint density at radius 2 is 1.18 bits per heavy atom. The molecule has 0 atom stereocenters. The van der Waals surface area contributed by atoms with Crippen molar-refractivity contribution in [2.45, 2.75) is 31.7 Å². The fourth-order valence-corrected chi connectivity index (χ4v) is 3.86. The molecular formula is C19H25N3. The predicted octanol–water partition coefficient (Wildman–Crippen LogP) is 3.93. The van der Waals surface area contributed by atoms with Crippen LogP contribution in [0.2, 0.25) is 0 Å². The molecule has 2 aromatic rings. The fraction of sp³-hybridized carbons (Fsp3) is 0.474. The molecular weight excluding hydrogens is 270 g/mol. The highest BCUT2D eigenvalue weighted by atomic mass is 15.2. The highest BCUT2D eigenvalue weighted by molar-refractivity contribution is 5.57. The van der Waals surface area contributed by atoms with Crippen molar-refractivity contribution in [1.82, 2.24) is 4.57 Å². The fourth-order valence-electron chi connectivity index (χ4n) is 3.86. The van der Waals surface area contributed by atoms with Crippen molar-refractivity contribution < 1.29 is 0 Å². The summed E-state index contributed by atoms with van der Waals surface area (Å²) in [7, 11) is 0. The molecule has 2 fully saturated rings. The van der Waals surface area contributed by atoms with Crippen molar-refractivity contribution in [2.24, 2.45) is 0 Å². The summed E-state index contributed by atoms with van der Waals surface area (Å²) in [6.45, 7) is 4.76. The molecule has 3 heterocycles. The van der Waals surface area contributed by atoms with E-state index in [0.29, 0.717) is 6.04 Å². The van der Waals surface area contributed by atoms with Gasteiger partial charge in [0.2, 0.25) is 0 Å². The molecule has 4 rings (SSSR count). The van der Waals surface area contributed by atoms with Gasteiger partial charge < -0.3 is 14.4 Å². The van der Waals surface area contributed by atoms with Crippen LogP contribution < -0.4 is 9.80 Å². The Balaban J connectivity index is 1.38. The third kappa shape index (κ3) is 2.72. The van der Waals surface area contributed by atoms with Crippen molar-refractivity contribution in [1.29, 1.82) is 0 Å². The smallest absolute Gasteiger partial charge is 0.0367 e. The lowest BCUT2D eigenvalue weighted by Gasteiger charge is -2.34. The van der Waals surface area contributed by atoms with Crippen LogP contribution in [0, 0.1) is 0 Å².